The molecular formula is C27H27N3O5. The number of rotatable bonds is 10. The van der Waals surface area contributed by atoms with Crippen molar-refractivity contribution >= 4 is 24.0 Å². The number of aryl methyl sites for hydroxylation is 1. The normalized spacial score (nSPS) is 10.6. The Morgan fingerprint density at radius 2 is 1.63 bits per heavy atom. The first kappa shape index (κ1) is 25.2. The quantitative estimate of drug-likeness (QED) is 0.201. The molecule has 0 saturated carbocycles. The van der Waals surface area contributed by atoms with E-state index in [1.807, 2.05) is 19.9 Å². The van der Waals surface area contributed by atoms with Crippen molar-refractivity contribution in [2.24, 2.45) is 5.10 Å². The molecule has 0 spiro atoms. The minimum atomic E-state index is -0.471. The van der Waals surface area contributed by atoms with Crippen LogP contribution in [-0.4, -0.2) is 37.1 Å². The molecule has 0 aromatic heterocycles. The zero-order valence-electron chi connectivity index (χ0n) is 19.6. The van der Waals surface area contributed by atoms with E-state index in [0.29, 0.717) is 34.8 Å². The fourth-order valence-corrected chi connectivity index (χ4v) is 2.96. The molecule has 35 heavy (non-hydrogen) atoms. The second kappa shape index (κ2) is 12.7. The van der Waals surface area contributed by atoms with Crippen molar-refractivity contribution < 1.29 is 23.9 Å². The van der Waals surface area contributed by atoms with Gasteiger partial charge < -0.3 is 14.8 Å². The third-order valence-electron chi connectivity index (χ3n) is 4.75. The van der Waals surface area contributed by atoms with Crippen LogP contribution in [0.4, 0.5) is 0 Å². The lowest BCUT2D eigenvalue weighted by Gasteiger charge is -2.07. The Bertz CT molecular complexity index is 1190. The lowest BCUT2D eigenvalue weighted by molar-refractivity contribution is -0.120. The molecule has 0 aliphatic heterocycles. The summed E-state index contributed by atoms with van der Waals surface area (Å²) in [4.78, 5) is 36.4. The molecular weight excluding hydrogens is 446 g/mol. The van der Waals surface area contributed by atoms with E-state index in [9.17, 15) is 14.4 Å². The molecule has 0 unspecified atom stereocenters. The molecule has 0 atom stereocenters. The summed E-state index contributed by atoms with van der Waals surface area (Å²) < 4.78 is 10.8. The third kappa shape index (κ3) is 8.12. The zero-order valence-corrected chi connectivity index (χ0v) is 19.6. The Balaban J connectivity index is 1.42. The molecule has 3 aromatic rings. The van der Waals surface area contributed by atoms with Crippen LogP contribution in [0.25, 0.3) is 0 Å². The second-order valence-electron chi connectivity index (χ2n) is 7.68. The molecule has 0 aliphatic carbocycles. The highest BCUT2D eigenvalue weighted by Gasteiger charge is 2.09. The average Bonchev–Trinajstić information content (AvgIpc) is 2.87. The fourth-order valence-electron chi connectivity index (χ4n) is 2.96. The van der Waals surface area contributed by atoms with E-state index >= 15 is 0 Å². The van der Waals surface area contributed by atoms with Crippen LogP contribution in [-0.2, 0) is 4.79 Å². The van der Waals surface area contributed by atoms with Crippen LogP contribution in [0, 0.1) is 6.92 Å². The van der Waals surface area contributed by atoms with Gasteiger partial charge in [-0.1, -0.05) is 24.6 Å². The van der Waals surface area contributed by atoms with Crippen LogP contribution in [0.3, 0.4) is 0 Å². The first-order valence-corrected chi connectivity index (χ1v) is 11.2. The maximum Gasteiger partial charge on any atom is 0.343 e. The zero-order chi connectivity index (χ0) is 25.0. The Hall–Kier alpha value is -4.46. The molecule has 3 rings (SSSR count). The average molecular weight is 474 g/mol. The van der Waals surface area contributed by atoms with Crippen LogP contribution in [0.15, 0.2) is 77.9 Å². The summed E-state index contributed by atoms with van der Waals surface area (Å²) >= 11 is 0. The summed E-state index contributed by atoms with van der Waals surface area (Å²) in [5, 5.41) is 6.42. The van der Waals surface area contributed by atoms with E-state index in [1.54, 1.807) is 66.7 Å². The van der Waals surface area contributed by atoms with Crippen LogP contribution < -0.4 is 20.2 Å². The Kier molecular flexibility index (Phi) is 9.13. The van der Waals surface area contributed by atoms with Gasteiger partial charge >= 0.3 is 5.97 Å². The first-order valence-electron chi connectivity index (χ1n) is 11.2. The summed E-state index contributed by atoms with van der Waals surface area (Å²) in [6.45, 7) is 4.30. The lowest BCUT2D eigenvalue weighted by Crippen LogP contribution is -2.34. The highest BCUT2D eigenvalue weighted by atomic mass is 16.5. The van der Waals surface area contributed by atoms with Crippen molar-refractivity contribution in [1.29, 1.82) is 0 Å². The molecule has 0 radical (unpaired) electrons. The van der Waals surface area contributed by atoms with Gasteiger partial charge in [0.05, 0.1) is 24.9 Å². The first-order chi connectivity index (χ1) is 16.9. The van der Waals surface area contributed by atoms with Gasteiger partial charge in [0.2, 0.25) is 0 Å². The molecule has 8 heteroatoms. The summed E-state index contributed by atoms with van der Waals surface area (Å²) in [5.74, 6) is -0.202. The number of esters is 1. The number of nitrogens with zero attached hydrogens (tertiary/aromatic N) is 1. The molecule has 2 amide bonds. The summed E-state index contributed by atoms with van der Waals surface area (Å²) in [7, 11) is 0. The van der Waals surface area contributed by atoms with Gasteiger partial charge in [-0.3, -0.25) is 9.59 Å². The largest absolute Gasteiger partial charge is 0.494 e. The molecule has 0 heterocycles. The number of amides is 2. The Morgan fingerprint density at radius 3 is 2.31 bits per heavy atom. The molecule has 180 valence electrons. The predicted molar refractivity (Wildman–Crippen MR) is 133 cm³/mol. The molecule has 2 N–H and O–H groups in total. The van der Waals surface area contributed by atoms with Gasteiger partial charge in [0, 0.05) is 5.56 Å². The van der Waals surface area contributed by atoms with Crippen LogP contribution in [0.2, 0.25) is 0 Å². The van der Waals surface area contributed by atoms with Crippen LogP contribution in [0.1, 0.15) is 45.2 Å². The summed E-state index contributed by atoms with van der Waals surface area (Å²) in [6, 6.07) is 20.5. The highest BCUT2D eigenvalue weighted by Crippen LogP contribution is 2.15. The topological polar surface area (TPSA) is 106 Å². The van der Waals surface area contributed by atoms with E-state index < -0.39 is 11.9 Å². The fraction of sp³-hybridized carbons (Fsp3) is 0.185. The third-order valence-corrected chi connectivity index (χ3v) is 4.75. The number of hydrogen-bond donors (Lipinski definition) is 2. The number of hydrogen-bond acceptors (Lipinski definition) is 6. The van der Waals surface area contributed by atoms with E-state index in [0.717, 1.165) is 12.0 Å². The maximum absolute atomic E-state index is 12.2. The molecule has 3 aromatic carbocycles. The standard InChI is InChI=1S/C27H27N3O5/c1-3-15-34-23-13-9-21(10-14-23)26(32)28-18-25(31)30-29-17-20-7-11-24(12-8-20)35-27(33)22-6-4-5-19(2)16-22/h4-14,16-17H,3,15,18H2,1-2H3,(H,28,32)(H,30,31)/b29-17-. The Morgan fingerprint density at radius 1 is 0.914 bits per heavy atom. The number of ether oxygens (including phenoxy) is 2. The van der Waals surface area contributed by atoms with E-state index in [4.69, 9.17) is 9.47 Å². The maximum atomic E-state index is 12.2. The second-order valence-corrected chi connectivity index (χ2v) is 7.68. The van der Waals surface area contributed by atoms with Gasteiger partial charge in [0.15, 0.2) is 0 Å². The Labute approximate surface area is 204 Å². The summed E-state index contributed by atoms with van der Waals surface area (Å²) in [6.07, 6.45) is 2.34. The van der Waals surface area contributed by atoms with Crippen molar-refractivity contribution in [3.8, 4) is 11.5 Å². The summed E-state index contributed by atoms with van der Waals surface area (Å²) in [5.41, 5.74) is 4.92. The molecule has 0 saturated heterocycles. The number of nitrogens with one attached hydrogen (secondary N) is 2. The predicted octanol–water partition coefficient (Wildman–Crippen LogP) is 3.88. The van der Waals surface area contributed by atoms with Gasteiger partial charge in [0.1, 0.15) is 11.5 Å². The molecule has 8 nitrogen and oxygen atoms in total. The number of hydrazone groups is 1. The van der Waals surface area contributed by atoms with Gasteiger partial charge in [0.25, 0.3) is 11.8 Å². The van der Waals surface area contributed by atoms with E-state index in [1.165, 1.54) is 6.21 Å². The van der Waals surface area contributed by atoms with Crippen molar-refractivity contribution in [1.82, 2.24) is 10.7 Å². The van der Waals surface area contributed by atoms with Gasteiger partial charge in [-0.05, 0) is 79.6 Å². The SMILES string of the molecule is CCCOc1ccc(C(=O)NCC(=O)N/N=C\c2ccc(OC(=O)c3cccc(C)c3)cc2)cc1. The van der Waals surface area contributed by atoms with Crippen LogP contribution >= 0.6 is 0 Å². The van der Waals surface area contributed by atoms with Crippen molar-refractivity contribution in [2.75, 3.05) is 13.2 Å². The van der Waals surface area contributed by atoms with Crippen molar-refractivity contribution in [2.45, 2.75) is 20.3 Å². The minimum Gasteiger partial charge on any atom is -0.494 e. The van der Waals surface area contributed by atoms with Crippen molar-refractivity contribution in [3.63, 3.8) is 0 Å². The number of carbonyl (C=O) groups is 3. The van der Waals surface area contributed by atoms with E-state index in [-0.39, 0.29) is 12.5 Å². The highest BCUT2D eigenvalue weighted by molar-refractivity contribution is 5.96. The van der Waals surface area contributed by atoms with Crippen molar-refractivity contribution in [3.05, 3.63) is 95.1 Å². The molecule has 0 aliphatic rings. The van der Waals surface area contributed by atoms with E-state index in [2.05, 4.69) is 15.8 Å². The van der Waals surface area contributed by atoms with Gasteiger partial charge in [-0.25, -0.2) is 10.2 Å². The number of carbonyl (C=O) groups excluding carboxylic acids is 3. The smallest absolute Gasteiger partial charge is 0.343 e. The minimum absolute atomic E-state index is 0.224. The lowest BCUT2D eigenvalue weighted by atomic mass is 10.1. The van der Waals surface area contributed by atoms with Gasteiger partial charge in [-0.2, -0.15) is 5.10 Å². The van der Waals surface area contributed by atoms with Gasteiger partial charge in [-0.15, -0.1) is 0 Å². The monoisotopic (exact) mass is 473 g/mol. The molecule has 0 fully saturated rings. The number of benzene rings is 3. The van der Waals surface area contributed by atoms with Crippen LogP contribution in [0.5, 0.6) is 11.5 Å². The molecule has 0 bridgehead atoms.